The molecule has 0 spiro atoms. The first-order chi connectivity index (χ1) is 17.1. The van der Waals surface area contributed by atoms with Gasteiger partial charge in [0.1, 0.15) is 5.75 Å². The highest BCUT2D eigenvalue weighted by molar-refractivity contribution is 6.31. The van der Waals surface area contributed by atoms with Crippen LogP contribution in [0.1, 0.15) is 51.3 Å². The number of carbonyl (C=O) groups excluding carboxylic acids is 4. The summed E-state index contributed by atoms with van der Waals surface area (Å²) in [4.78, 5) is 63.4. The number of hydrogen-bond acceptors (Lipinski definition) is 11. The van der Waals surface area contributed by atoms with Gasteiger partial charge in [0, 0.05) is 17.5 Å². The van der Waals surface area contributed by atoms with Gasteiger partial charge in [-0.05, 0) is 13.8 Å². The Morgan fingerprint density at radius 1 is 0.917 bits per heavy atom. The van der Waals surface area contributed by atoms with E-state index in [0.717, 1.165) is 14.2 Å². The van der Waals surface area contributed by atoms with Crippen LogP contribution in [0.3, 0.4) is 0 Å². The first-order valence-corrected chi connectivity index (χ1v) is 10.8. The van der Waals surface area contributed by atoms with Crippen LogP contribution in [0.2, 0.25) is 0 Å². The van der Waals surface area contributed by atoms with Gasteiger partial charge in [0.05, 0.1) is 49.0 Å². The van der Waals surface area contributed by atoms with Crippen molar-refractivity contribution >= 4 is 29.2 Å². The predicted molar refractivity (Wildman–Crippen MR) is 121 cm³/mol. The highest BCUT2D eigenvalue weighted by atomic mass is 16.6. The summed E-state index contributed by atoms with van der Waals surface area (Å²) in [6.45, 7) is 2.40. The summed E-state index contributed by atoms with van der Waals surface area (Å²) >= 11 is 0. The minimum Gasteiger partial charge on any atom is -0.495 e. The van der Waals surface area contributed by atoms with Crippen LogP contribution in [-0.4, -0.2) is 66.6 Å². The Bertz CT molecular complexity index is 1260. The van der Waals surface area contributed by atoms with Gasteiger partial charge in [0.2, 0.25) is 5.75 Å². The molecule has 190 valence electrons. The Kier molecular flexibility index (Phi) is 7.39. The number of nitrogens with zero attached hydrogens (tertiary/aromatic N) is 1. The lowest BCUT2D eigenvalue weighted by atomic mass is 9.80. The average molecular weight is 501 g/mol. The molecule has 1 aliphatic rings. The van der Waals surface area contributed by atoms with Crippen LogP contribution in [-0.2, 0) is 25.5 Å². The zero-order valence-corrected chi connectivity index (χ0v) is 19.9. The highest BCUT2D eigenvalue weighted by Gasteiger charge is 2.51. The van der Waals surface area contributed by atoms with E-state index in [4.69, 9.17) is 18.9 Å². The van der Waals surface area contributed by atoms with Gasteiger partial charge >= 0.3 is 17.6 Å². The third-order valence-electron chi connectivity index (χ3n) is 5.60. The molecule has 0 fully saturated rings. The number of hydrogen-bond donors (Lipinski definition) is 1. The molecule has 0 unspecified atom stereocenters. The molecule has 0 amide bonds. The van der Waals surface area contributed by atoms with Gasteiger partial charge in [-0.1, -0.05) is 24.3 Å². The van der Waals surface area contributed by atoms with E-state index >= 15 is 0 Å². The van der Waals surface area contributed by atoms with Crippen molar-refractivity contribution in [2.75, 3.05) is 27.4 Å². The van der Waals surface area contributed by atoms with E-state index in [0.29, 0.717) is 0 Å². The molecule has 0 radical (unpaired) electrons. The molecule has 12 nitrogen and oxygen atoms in total. The minimum atomic E-state index is -3.04. The number of carbonyl (C=O) groups is 4. The second-order valence-corrected chi connectivity index (χ2v) is 7.58. The van der Waals surface area contributed by atoms with Crippen molar-refractivity contribution in [3.05, 3.63) is 62.2 Å². The number of rotatable bonds is 9. The number of methoxy groups -OCH3 is 2. The fraction of sp³-hybridized carbons (Fsp3) is 0.333. The lowest BCUT2D eigenvalue weighted by Crippen LogP contribution is -2.51. The number of nitro benzene ring substituents is 1. The molecule has 0 saturated carbocycles. The Balaban J connectivity index is 2.42. The number of fused-ring (bicyclic) bond motifs is 2. The molecule has 0 aromatic heterocycles. The van der Waals surface area contributed by atoms with E-state index in [1.54, 1.807) is 0 Å². The lowest BCUT2D eigenvalue weighted by molar-refractivity contribution is -0.386. The number of aliphatic hydroxyl groups is 1. The Hall–Kier alpha value is -4.32. The van der Waals surface area contributed by atoms with Gasteiger partial charge in [-0.3, -0.25) is 19.7 Å². The van der Waals surface area contributed by atoms with E-state index in [1.165, 1.54) is 38.1 Å². The molecule has 0 saturated heterocycles. The van der Waals surface area contributed by atoms with Crippen LogP contribution in [0, 0.1) is 10.1 Å². The van der Waals surface area contributed by atoms with Crippen LogP contribution < -0.4 is 9.47 Å². The zero-order valence-electron chi connectivity index (χ0n) is 19.9. The summed E-state index contributed by atoms with van der Waals surface area (Å²) in [6, 6.07) is 5.86. The average Bonchev–Trinajstić information content (AvgIpc) is 2.86. The van der Waals surface area contributed by atoms with Crippen LogP contribution >= 0.6 is 0 Å². The summed E-state index contributed by atoms with van der Waals surface area (Å²) in [6.07, 6.45) is -1.07. The van der Waals surface area contributed by atoms with Crippen molar-refractivity contribution in [3.8, 4) is 11.5 Å². The van der Waals surface area contributed by atoms with Gasteiger partial charge in [-0.2, -0.15) is 0 Å². The molecular weight excluding hydrogens is 478 g/mol. The smallest absolute Gasteiger partial charge is 0.350 e. The topological polar surface area (TPSA) is 169 Å². The fourth-order valence-corrected chi connectivity index (χ4v) is 4.09. The van der Waals surface area contributed by atoms with Gasteiger partial charge in [-0.15, -0.1) is 0 Å². The standard InChI is InChI=1S/C24H23NO11/c1-5-35-22(28)24(30,23(29)36-6-2)11-14-17(25(31)32)21(34-4)16-15(20(14)33-3)18(26)12-9-7-8-10-13(12)19(16)27/h7-10,30H,5-6,11H2,1-4H3. The van der Waals surface area contributed by atoms with Crippen molar-refractivity contribution < 1.29 is 48.2 Å². The van der Waals surface area contributed by atoms with E-state index in [9.17, 15) is 34.4 Å². The molecule has 12 heteroatoms. The summed E-state index contributed by atoms with van der Waals surface area (Å²) in [5.41, 5.74) is -5.21. The summed E-state index contributed by atoms with van der Waals surface area (Å²) in [7, 11) is 2.14. The fourth-order valence-electron chi connectivity index (χ4n) is 4.09. The van der Waals surface area contributed by atoms with Crippen molar-refractivity contribution in [2.45, 2.75) is 25.9 Å². The number of ether oxygens (including phenoxy) is 4. The molecule has 1 N–H and O–H groups in total. The minimum absolute atomic E-state index is 0.00644. The number of esters is 2. The van der Waals surface area contributed by atoms with Crippen LogP contribution in [0.15, 0.2) is 24.3 Å². The first-order valence-electron chi connectivity index (χ1n) is 10.8. The Morgan fingerprint density at radius 3 is 1.75 bits per heavy atom. The molecule has 36 heavy (non-hydrogen) atoms. The lowest BCUT2D eigenvalue weighted by Gasteiger charge is -2.27. The van der Waals surface area contributed by atoms with E-state index in [1.807, 2.05) is 0 Å². The third-order valence-corrected chi connectivity index (χ3v) is 5.60. The molecule has 0 atom stereocenters. The van der Waals surface area contributed by atoms with E-state index < -0.39 is 68.8 Å². The third kappa shape index (κ3) is 4.05. The van der Waals surface area contributed by atoms with Gasteiger partial charge < -0.3 is 24.1 Å². The molecule has 0 bridgehead atoms. The SMILES string of the molecule is CCOC(=O)C(O)(Cc1c(OC)c2c(c(OC)c1[N+](=O)[O-])C(=O)c1ccccc1C2=O)C(=O)OCC. The van der Waals surface area contributed by atoms with E-state index in [-0.39, 0.29) is 29.9 Å². The van der Waals surface area contributed by atoms with Crippen molar-refractivity contribution in [1.29, 1.82) is 0 Å². The van der Waals surface area contributed by atoms with E-state index in [2.05, 4.69) is 0 Å². The van der Waals surface area contributed by atoms with Gasteiger partial charge in [0.25, 0.3) is 5.60 Å². The van der Waals surface area contributed by atoms with Gasteiger partial charge in [-0.25, -0.2) is 9.59 Å². The van der Waals surface area contributed by atoms with Crippen molar-refractivity contribution in [3.63, 3.8) is 0 Å². The maximum Gasteiger partial charge on any atom is 0.350 e. The summed E-state index contributed by atoms with van der Waals surface area (Å²) in [5.74, 6) is -5.35. The van der Waals surface area contributed by atoms with Crippen molar-refractivity contribution in [1.82, 2.24) is 0 Å². The summed E-state index contributed by atoms with van der Waals surface area (Å²) in [5, 5.41) is 23.3. The molecule has 0 aliphatic heterocycles. The van der Waals surface area contributed by atoms with Crippen LogP contribution in [0.4, 0.5) is 5.69 Å². The summed E-state index contributed by atoms with van der Waals surface area (Å²) < 4.78 is 20.2. The molecular formula is C24H23NO11. The largest absolute Gasteiger partial charge is 0.495 e. The molecule has 2 aromatic rings. The van der Waals surface area contributed by atoms with Gasteiger partial charge in [0.15, 0.2) is 11.6 Å². The Morgan fingerprint density at radius 2 is 1.36 bits per heavy atom. The molecule has 1 aliphatic carbocycles. The zero-order chi connectivity index (χ0) is 26.8. The quantitative estimate of drug-likeness (QED) is 0.196. The highest BCUT2D eigenvalue weighted by Crippen LogP contribution is 2.48. The first kappa shape index (κ1) is 26.3. The monoisotopic (exact) mass is 501 g/mol. The number of nitro groups is 1. The number of ketones is 2. The van der Waals surface area contributed by atoms with Crippen LogP contribution in [0.25, 0.3) is 0 Å². The van der Waals surface area contributed by atoms with Crippen LogP contribution in [0.5, 0.6) is 11.5 Å². The maximum absolute atomic E-state index is 13.5. The Labute approximate surface area is 204 Å². The molecule has 3 rings (SSSR count). The number of benzene rings is 2. The second-order valence-electron chi connectivity index (χ2n) is 7.58. The predicted octanol–water partition coefficient (Wildman–Crippen LogP) is 1.79. The second kappa shape index (κ2) is 10.1. The maximum atomic E-state index is 13.5. The van der Waals surface area contributed by atoms with Crippen molar-refractivity contribution in [2.24, 2.45) is 0 Å². The molecule has 0 heterocycles. The molecule has 2 aromatic carbocycles. The normalized spacial score (nSPS) is 12.4.